The Morgan fingerprint density at radius 3 is 2.70 bits per heavy atom. The van der Waals surface area contributed by atoms with Gasteiger partial charge in [-0.25, -0.2) is 9.67 Å². The number of methoxy groups -OCH3 is 1. The van der Waals surface area contributed by atoms with Crippen molar-refractivity contribution in [1.29, 1.82) is 5.26 Å². The second kappa shape index (κ2) is 8.49. The van der Waals surface area contributed by atoms with Gasteiger partial charge in [0.05, 0.1) is 25.3 Å². The van der Waals surface area contributed by atoms with Crippen LogP contribution in [-0.2, 0) is 11.3 Å². The van der Waals surface area contributed by atoms with Gasteiger partial charge in [0.2, 0.25) is 0 Å². The highest BCUT2D eigenvalue weighted by Gasteiger charge is 2.09. The Morgan fingerprint density at radius 2 is 2.04 bits per heavy atom. The third-order valence-electron chi connectivity index (χ3n) is 3.70. The van der Waals surface area contributed by atoms with E-state index in [9.17, 15) is 4.79 Å². The first kappa shape index (κ1) is 17.9. The molecule has 8 heteroatoms. The fourth-order valence-corrected chi connectivity index (χ4v) is 2.39. The number of carbonyl (C=O) groups is 1. The van der Waals surface area contributed by atoms with Crippen LogP contribution < -0.4 is 14.8 Å². The van der Waals surface area contributed by atoms with E-state index in [1.807, 2.05) is 30.3 Å². The molecule has 0 aliphatic rings. The predicted octanol–water partition coefficient (Wildman–Crippen LogP) is 2.22. The minimum Gasteiger partial charge on any atom is -0.493 e. The largest absolute Gasteiger partial charge is 0.493 e. The lowest BCUT2D eigenvalue weighted by Gasteiger charge is -2.11. The highest BCUT2D eigenvalue weighted by atomic mass is 16.5. The zero-order chi connectivity index (χ0) is 19.1. The maximum atomic E-state index is 12.1. The maximum absolute atomic E-state index is 12.1. The van der Waals surface area contributed by atoms with Gasteiger partial charge >= 0.3 is 0 Å². The molecule has 0 saturated heterocycles. The van der Waals surface area contributed by atoms with Crippen LogP contribution >= 0.6 is 0 Å². The minimum absolute atomic E-state index is 0.178. The number of hydrogen-bond acceptors (Lipinski definition) is 6. The molecule has 0 radical (unpaired) electrons. The summed E-state index contributed by atoms with van der Waals surface area (Å²) >= 11 is 0. The number of nitrogens with one attached hydrogen (secondary N) is 1. The second-order valence-corrected chi connectivity index (χ2v) is 5.60. The van der Waals surface area contributed by atoms with Crippen LogP contribution in [0.5, 0.6) is 11.5 Å². The van der Waals surface area contributed by atoms with Crippen LogP contribution in [0, 0.1) is 11.3 Å². The molecule has 1 aromatic heterocycles. The van der Waals surface area contributed by atoms with Gasteiger partial charge in [0, 0.05) is 11.8 Å². The number of anilines is 1. The third kappa shape index (κ3) is 4.83. The molecule has 1 amide bonds. The molecular weight excluding hydrogens is 346 g/mol. The molecule has 1 N–H and O–H groups in total. The monoisotopic (exact) mass is 363 g/mol. The van der Waals surface area contributed by atoms with Gasteiger partial charge in [-0.2, -0.15) is 10.4 Å². The van der Waals surface area contributed by atoms with Crippen LogP contribution in [0.2, 0.25) is 0 Å². The summed E-state index contributed by atoms with van der Waals surface area (Å²) in [6.45, 7) is 0.429. The van der Waals surface area contributed by atoms with Crippen LogP contribution in [0.15, 0.2) is 55.1 Å². The van der Waals surface area contributed by atoms with Crippen LogP contribution in [0.1, 0.15) is 11.1 Å². The number of benzene rings is 2. The fraction of sp³-hybridized carbons (Fsp3) is 0.158. The number of carbonyl (C=O) groups excluding carboxylic acids is 1. The zero-order valence-electron chi connectivity index (χ0n) is 14.6. The zero-order valence-corrected chi connectivity index (χ0v) is 14.6. The van der Waals surface area contributed by atoms with E-state index in [1.165, 1.54) is 13.4 Å². The van der Waals surface area contributed by atoms with E-state index in [4.69, 9.17) is 14.7 Å². The first-order valence-corrected chi connectivity index (χ1v) is 8.10. The molecule has 27 heavy (non-hydrogen) atoms. The van der Waals surface area contributed by atoms with E-state index in [0.29, 0.717) is 29.3 Å². The molecule has 0 aliphatic carbocycles. The van der Waals surface area contributed by atoms with E-state index >= 15 is 0 Å². The summed E-state index contributed by atoms with van der Waals surface area (Å²) in [5, 5.41) is 15.7. The maximum Gasteiger partial charge on any atom is 0.262 e. The molecule has 0 spiro atoms. The standard InChI is InChI=1S/C19H17N5O3/c1-26-18-8-15(9-20)4-7-17(18)27-11-19(25)23-16-5-2-14(3-6-16)10-24-13-21-12-22-24/h2-8,12-13H,10-11H2,1H3,(H,23,25). The Hall–Kier alpha value is -3.86. The highest BCUT2D eigenvalue weighted by molar-refractivity contribution is 5.91. The normalized spacial score (nSPS) is 10.1. The number of nitriles is 1. The first-order valence-electron chi connectivity index (χ1n) is 8.10. The lowest BCUT2D eigenvalue weighted by molar-refractivity contribution is -0.118. The van der Waals surface area contributed by atoms with Crippen molar-refractivity contribution in [1.82, 2.24) is 14.8 Å². The molecule has 1 heterocycles. The summed E-state index contributed by atoms with van der Waals surface area (Å²) < 4.78 is 12.4. The van der Waals surface area contributed by atoms with Gasteiger partial charge in [0.25, 0.3) is 5.91 Å². The highest BCUT2D eigenvalue weighted by Crippen LogP contribution is 2.27. The molecule has 0 aliphatic heterocycles. The summed E-state index contributed by atoms with van der Waals surface area (Å²) in [6.07, 6.45) is 3.13. The van der Waals surface area contributed by atoms with E-state index in [0.717, 1.165) is 5.56 Å². The van der Waals surface area contributed by atoms with Gasteiger partial charge in [-0.3, -0.25) is 4.79 Å². The van der Waals surface area contributed by atoms with E-state index < -0.39 is 0 Å². The van der Waals surface area contributed by atoms with Gasteiger partial charge in [-0.15, -0.1) is 0 Å². The summed E-state index contributed by atoms with van der Waals surface area (Å²) in [5.74, 6) is 0.500. The van der Waals surface area contributed by atoms with Crippen molar-refractivity contribution in [2.75, 3.05) is 19.0 Å². The third-order valence-corrected chi connectivity index (χ3v) is 3.70. The van der Waals surface area contributed by atoms with E-state index in [1.54, 1.807) is 29.2 Å². The molecule has 3 rings (SSSR count). The summed E-state index contributed by atoms with van der Waals surface area (Å²) in [5.41, 5.74) is 2.16. The van der Waals surface area contributed by atoms with Crippen LogP contribution in [0.4, 0.5) is 5.69 Å². The van der Waals surface area contributed by atoms with Crippen LogP contribution in [0.3, 0.4) is 0 Å². The van der Waals surface area contributed by atoms with Crippen molar-refractivity contribution in [2.45, 2.75) is 6.54 Å². The number of ether oxygens (including phenoxy) is 2. The van der Waals surface area contributed by atoms with Crippen molar-refractivity contribution in [2.24, 2.45) is 0 Å². The molecule has 8 nitrogen and oxygen atoms in total. The molecular formula is C19H17N5O3. The van der Waals surface area contributed by atoms with Crippen molar-refractivity contribution < 1.29 is 14.3 Å². The SMILES string of the molecule is COc1cc(C#N)ccc1OCC(=O)Nc1ccc(Cn2cncn2)cc1. The fourth-order valence-electron chi connectivity index (χ4n) is 2.39. The van der Waals surface area contributed by atoms with Crippen molar-refractivity contribution in [3.8, 4) is 17.6 Å². The number of rotatable bonds is 7. The molecule has 0 atom stereocenters. The Bertz CT molecular complexity index is 946. The van der Waals surface area contributed by atoms with Crippen molar-refractivity contribution in [3.05, 3.63) is 66.2 Å². The van der Waals surface area contributed by atoms with Crippen LogP contribution in [0.25, 0.3) is 0 Å². The topological polar surface area (TPSA) is 102 Å². The molecule has 2 aromatic carbocycles. The lowest BCUT2D eigenvalue weighted by atomic mass is 10.2. The van der Waals surface area contributed by atoms with E-state index in [-0.39, 0.29) is 12.5 Å². The molecule has 3 aromatic rings. The lowest BCUT2D eigenvalue weighted by Crippen LogP contribution is -2.20. The number of hydrogen-bond donors (Lipinski definition) is 1. The smallest absolute Gasteiger partial charge is 0.262 e. The first-order chi connectivity index (χ1) is 13.2. The Balaban J connectivity index is 1.54. The van der Waals surface area contributed by atoms with Crippen molar-refractivity contribution in [3.63, 3.8) is 0 Å². The van der Waals surface area contributed by atoms with Gasteiger partial charge in [0.1, 0.15) is 12.7 Å². The number of amides is 1. The molecule has 136 valence electrons. The molecule has 0 bridgehead atoms. The minimum atomic E-state index is -0.301. The molecule has 0 unspecified atom stereocenters. The molecule has 0 saturated carbocycles. The van der Waals surface area contributed by atoms with E-state index in [2.05, 4.69) is 15.4 Å². The van der Waals surface area contributed by atoms with Gasteiger partial charge in [-0.05, 0) is 29.8 Å². The quantitative estimate of drug-likeness (QED) is 0.691. The van der Waals surface area contributed by atoms with Crippen molar-refractivity contribution >= 4 is 11.6 Å². The average Bonchev–Trinajstić information content (AvgIpc) is 3.20. The number of aromatic nitrogens is 3. The van der Waals surface area contributed by atoms with Crippen LogP contribution in [-0.4, -0.2) is 34.4 Å². The Kier molecular flexibility index (Phi) is 5.64. The Labute approximate surface area is 156 Å². The second-order valence-electron chi connectivity index (χ2n) is 5.60. The summed E-state index contributed by atoms with van der Waals surface area (Å²) in [4.78, 5) is 16.0. The predicted molar refractivity (Wildman–Crippen MR) is 97.4 cm³/mol. The summed E-state index contributed by atoms with van der Waals surface area (Å²) in [6, 6.07) is 14.2. The molecule has 0 fully saturated rings. The average molecular weight is 363 g/mol. The van der Waals surface area contributed by atoms with Gasteiger partial charge < -0.3 is 14.8 Å². The number of nitrogens with zero attached hydrogens (tertiary/aromatic N) is 4. The van der Waals surface area contributed by atoms with Gasteiger partial charge in [0.15, 0.2) is 18.1 Å². The van der Waals surface area contributed by atoms with Gasteiger partial charge in [-0.1, -0.05) is 12.1 Å². The summed E-state index contributed by atoms with van der Waals surface area (Å²) in [7, 11) is 1.48. The Morgan fingerprint density at radius 1 is 1.22 bits per heavy atom.